The Morgan fingerprint density at radius 2 is 1.83 bits per heavy atom. The largest absolute Gasteiger partial charge is 0.378 e. The monoisotopic (exact) mass is 432 g/mol. The maximum atomic E-state index is 12.7. The average Bonchev–Trinajstić information content (AvgIpc) is 3.10. The Hall–Kier alpha value is -2.49. The van der Waals surface area contributed by atoms with Gasteiger partial charge in [0.15, 0.2) is 5.13 Å². The summed E-state index contributed by atoms with van der Waals surface area (Å²) >= 11 is 1.25. The fourth-order valence-corrected chi connectivity index (χ4v) is 5.39. The van der Waals surface area contributed by atoms with Crippen LogP contribution >= 0.6 is 11.3 Å². The lowest BCUT2D eigenvalue weighted by molar-refractivity contribution is 0.102. The molecule has 29 heavy (non-hydrogen) atoms. The van der Waals surface area contributed by atoms with Gasteiger partial charge in [0.25, 0.3) is 5.91 Å². The zero-order valence-corrected chi connectivity index (χ0v) is 18.5. The minimum absolute atomic E-state index is 0.230. The molecule has 1 N–H and O–H groups in total. The molecule has 0 aliphatic rings. The number of hydrogen-bond donors (Lipinski definition) is 1. The van der Waals surface area contributed by atoms with Crippen molar-refractivity contribution >= 4 is 48.3 Å². The molecule has 154 valence electrons. The molecule has 0 aliphatic heterocycles. The quantitative estimate of drug-likeness (QED) is 0.616. The molecule has 1 aromatic heterocycles. The Bertz CT molecular complexity index is 1140. The third kappa shape index (κ3) is 4.42. The van der Waals surface area contributed by atoms with Gasteiger partial charge < -0.3 is 4.90 Å². The molecule has 0 radical (unpaired) electrons. The number of carbonyl (C=O) groups excluding carboxylic acids is 1. The van der Waals surface area contributed by atoms with E-state index in [0.29, 0.717) is 34.0 Å². The number of nitrogens with zero attached hydrogens (tertiary/aromatic N) is 3. The van der Waals surface area contributed by atoms with Gasteiger partial charge in [-0.15, -0.1) is 0 Å². The molecule has 0 saturated heterocycles. The highest BCUT2D eigenvalue weighted by Gasteiger charge is 2.22. The molecule has 0 spiro atoms. The molecule has 1 amide bonds. The van der Waals surface area contributed by atoms with Crippen molar-refractivity contribution in [2.75, 3.05) is 37.4 Å². The number of rotatable bonds is 7. The molecule has 7 nitrogen and oxygen atoms in total. The van der Waals surface area contributed by atoms with Crippen LogP contribution in [0.15, 0.2) is 47.4 Å². The van der Waals surface area contributed by atoms with Crippen molar-refractivity contribution in [2.45, 2.75) is 18.7 Å². The van der Waals surface area contributed by atoms with Gasteiger partial charge in [-0.3, -0.25) is 10.1 Å². The number of nitrogens with one attached hydrogen (secondary N) is 1. The molecule has 0 fully saturated rings. The topological polar surface area (TPSA) is 82.6 Å². The average molecular weight is 433 g/mol. The summed E-state index contributed by atoms with van der Waals surface area (Å²) in [7, 11) is 0.280. The number of anilines is 2. The third-order valence-corrected chi connectivity index (χ3v) is 7.53. The van der Waals surface area contributed by atoms with E-state index >= 15 is 0 Å². The van der Waals surface area contributed by atoms with E-state index < -0.39 is 10.0 Å². The van der Waals surface area contributed by atoms with E-state index in [4.69, 9.17) is 0 Å². The van der Waals surface area contributed by atoms with Crippen molar-refractivity contribution in [1.82, 2.24) is 9.29 Å². The van der Waals surface area contributed by atoms with Crippen molar-refractivity contribution in [3.63, 3.8) is 0 Å². The summed E-state index contributed by atoms with van der Waals surface area (Å²) in [6.07, 6.45) is 0. The van der Waals surface area contributed by atoms with Crippen molar-refractivity contribution in [3.05, 3.63) is 48.0 Å². The molecule has 0 bridgehead atoms. The van der Waals surface area contributed by atoms with Crippen LogP contribution in [0.1, 0.15) is 24.2 Å². The Morgan fingerprint density at radius 3 is 2.48 bits per heavy atom. The maximum absolute atomic E-state index is 12.7. The number of thiazole rings is 1. The number of hydrogen-bond acceptors (Lipinski definition) is 6. The van der Waals surface area contributed by atoms with Gasteiger partial charge in [-0.2, -0.15) is 4.31 Å². The smallest absolute Gasteiger partial charge is 0.257 e. The second-order valence-electron chi connectivity index (χ2n) is 6.64. The highest BCUT2D eigenvalue weighted by Crippen LogP contribution is 2.29. The molecule has 0 atom stereocenters. The van der Waals surface area contributed by atoms with Crippen molar-refractivity contribution in [3.8, 4) is 0 Å². The van der Waals surface area contributed by atoms with Crippen LogP contribution in [-0.2, 0) is 10.0 Å². The Morgan fingerprint density at radius 1 is 1.10 bits per heavy atom. The maximum Gasteiger partial charge on any atom is 0.257 e. The number of aromatic nitrogens is 1. The summed E-state index contributed by atoms with van der Waals surface area (Å²) in [5.74, 6) is -0.260. The second kappa shape index (κ2) is 8.48. The van der Waals surface area contributed by atoms with E-state index in [0.717, 1.165) is 5.69 Å². The van der Waals surface area contributed by atoms with Gasteiger partial charge in [-0.25, -0.2) is 13.4 Å². The van der Waals surface area contributed by atoms with Gasteiger partial charge in [0.1, 0.15) is 0 Å². The highest BCUT2D eigenvalue weighted by atomic mass is 32.2. The minimum Gasteiger partial charge on any atom is -0.378 e. The zero-order chi connectivity index (χ0) is 21.2. The summed E-state index contributed by atoms with van der Waals surface area (Å²) in [4.78, 5) is 19.2. The summed E-state index contributed by atoms with van der Waals surface area (Å²) in [6.45, 7) is 4.44. The second-order valence-corrected chi connectivity index (χ2v) is 9.61. The molecular weight excluding hydrogens is 408 g/mol. The Kier molecular flexibility index (Phi) is 6.21. The van der Waals surface area contributed by atoms with Gasteiger partial charge in [0.2, 0.25) is 10.0 Å². The molecular formula is C20H24N4O3S2. The van der Waals surface area contributed by atoms with E-state index in [2.05, 4.69) is 10.3 Å². The van der Waals surface area contributed by atoms with Crippen LogP contribution in [0.25, 0.3) is 10.2 Å². The number of amides is 1. The molecule has 3 aromatic rings. The van der Waals surface area contributed by atoms with Crippen LogP contribution in [-0.4, -0.2) is 50.8 Å². The van der Waals surface area contributed by atoms with E-state index in [-0.39, 0.29) is 10.8 Å². The van der Waals surface area contributed by atoms with Gasteiger partial charge in [0.05, 0.1) is 15.1 Å². The number of carbonyl (C=O) groups is 1. The lowest BCUT2D eigenvalue weighted by atomic mass is 10.2. The molecule has 1 heterocycles. The van der Waals surface area contributed by atoms with E-state index in [1.165, 1.54) is 15.6 Å². The summed E-state index contributed by atoms with van der Waals surface area (Å²) in [5, 5.41) is 3.24. The lowest BCUT2D eigenvalue weighted by Crippen LogP contribution is -2.30. The first-order chi connectivity index (χ1) is 13.8. The van der Waals surface area contributed by atoms with Crippen molar-refractivity contribution in [1.29, 1.82) is 0 Å². The normalized spacial score (nSPS) is 11.8. The molecule has 0 unspecified atom stereocenters. The van der Waals surface area contributed by atoms with E-state index in [9.17, 15) is 13.2 Å². The Labute approximate surface area is 175 Å². The van der Waals surface area contributed by atoms with Crippen molar-refractivity contribution in [2.24, 2.45) is 0 Å². The summed E-state index contributed by atoms with van der Waals surface area (Å²) < 4.78 is 27.6. The summed E-state index contributed by atoms with van der Waals surface area (Å²) in [5.41, 5.74) is 2.10. The van der Waals surface area contributed by atoms with Gasteiger partial charge in [-0.05, 0) is 36.4 Å². The predicted molar refractivity (Wildman–Crippen MR) is 118 cm³/mol. The first-order valence-corrected chi connectivity index (χ1v) is 11.5. The fraction of sp³-hybridized carbons (Fsp3) is 0.300. The first kappa shape index (κ1) is 21.2. The fourth-order valence-electron chi connectivity index (χ4n) is 2.93. The number of fused-ring (bicyclic) bond motifs is 1. The van der Waals surface area contributed by atoms with Crippen LogP contribution in [0, 0.1) is 0 Å². The Balaban J connectivity index is 1.87. The van der Waals surface area contributed by atoms with E-state index in [1.807, 2.05) is 45.0 Å². The SMILES string of the molecule is CCN(CC)S(=O)(=O)c1ccc2nc(NC(=O)c3cccc(N(C)C)c3)sc2c1. The van der Waals surface area contributed by atoms with Crippen molar-refractivity contribution < 1.29 is 13.2 Å². The van der Waals surface area contributed by atoms with Gasteiger partial charge >= 0.3 is 0 Å². The number of sulfonamides is 1. The zero-order valence-electron chi connectivity index (χ0n) is 16.8. The van der Waals surface area contributed by atoms with E-state index in [1.54, 1.807) is 30.3 Å². The van der Waals surface area contributed by atoms with Crippen LogP contribution in [0.3, 0.4) is 0 Å². The van der Waals surface area contributed by atoms with Crippen LogP contribution in [0.4, 0.5) is 10.8 Å². The van der Waals surface area contributed by atoms with Gasteiger partial charge in [0, 0.05) is 38.4 Å². The predicted octanol–water partition coefficient (Wildman–Crippen LogP) is 3.65. The standard InChI is InChI=1S/C20H24N4O3S2/c1-5-24(6-2)29(26,27)16-10-11-17-18(13-16)28-20(21-17)22-19(25)14-8-7-9-15(12-14)23(3)4/h7-13H,5-6H2,1-4H3,(H,21,22,25). The summed E-state index contributed by atoms with van der Waals surface area (Å²) in [6, 6.07) is 12.1. The lowest BCUT2D eigenvalue weighted by Gasteiger charge is -2.18. The third-order valence-electron chi connectivity index (χ3n) is 4.55. The molecule has 3 rings (SSSR count). The van der Waals surface area contributed by atoms with Crippen LogP contribution in [0.2, 0.25) is 0 Å². The van der Waals surface area contributed by atoms with Crippen LogP contribution < -0.4 is 10.2 Å². The minimum atomic E-state index is -3.54. The highest BCUT2D eigenvalue weighted by molar-refractivity contribution is 7.89. The molecule has 2 aromatic carbocycles. The van der Waals surface area contributed by atoms with Crippen LogP contribution in [0.5, 0.6) is 0 Å². The number of benzene rings is 2. The molecule has 0 saturated carbocycles. The molecule has 9 heteroatoms. The first-order valence-electron chi connectivity index (χ1n) is 9.25. The van der Waals surface area contributed by atoms with Gasteiger partial charge in [-0.1, -0.05) is 31.3 Å². The molecule has 0 aliphatic carbocycles.